The third-order valence-electron chi connectivity index (χ3n) is 3.30. The van der Waals surface area contributed by atoms with E-state index < -0.39 is 12.0 Å². The van der Waals surface area contributed by atoms with Gasteiger partial charge in [0.05, 0.1) is 0 Å². The van der Waals surface area contributed by atoms with Crippen LogP contribution in [-0.2, 0) is 6.18 Å². The number of hydrogen-bond acceptors (Lipinski definition) is 5. The van der Waals surface area contributed by atoms with Gasteiger partial charge in [-0.05, 0) is 19.1 Å². The number of halogens is 3. The molecule has 1 aliphatic heterocycles. The molecule has 1 N–H and O–H groups in total. The summed E-state index contributed by atoms with van der Waals surface area (Å²) in [5.74, 6) is -0.603. The number of hydrogen-bond donors (Lipinski definition) is 1. The molecule has 2 aromatic rings. The van der Waals surface area contributed by atoms with Crippen LogP contribution < -0.4 is 10.2 Å². The van der Waals surface area contributed by atoms with Crippen molar-refractivity contribution in [2.75, 3.05) is 24.5 Å². The fourth-order valence-corrected chi connectivity index (χ4v) is 2.29. The van der Waals surface area contributed by atoms with Gasteiger partial charge in [0.25, 0.3) is 5.82 Å². The average molecular weight is 286 g/mol. The van der Waals surface area contributed by atoms with Crippen molar-refractivity contribution in [3.63, 3.8) is 0 Å². The Hall–Kier alpha value is -1.90. The van der Waals surface area contributed by atoms with E-state index >= 15 is 0 Å². The summed E-state index contributed by atoms with van der Waals surface area (Å²) in [6.07, 6.45) is -4.57. The standard InChI is InChI=1S/C11H13F3N6/c1-7-6-15-4-5-19(7)9-3-2-8-16-17-10(11(12,13)14)20(8)18-9/h2-3,7,15H,4-6H2,1H3. The molecule has 1 aliphatic rings. The van der Waals surface area contributed by atoms with Gasteiger partial charge in [-0.3, -0.25) is 0 Å². The highest BCUT2D eigenvalue weighted by Crippen LogP contribution is 2.28. The highest BCUT2D eigenvalue weighted by atomic mass is 19.4. The summed E-state index contributed by atoms with van der Waals surface area (Å²) in [6, 6.07) is 3.34. The first kappa shape index (κ1) is 13.1. The predicted molar refractivity (Wildman–Crippen MR) is 65.5 cm³/mol. The van der Waals surface area contributed by atoms with Crippen molar-refractivity contribution in [2.45, 2.75) is 19.1 Å². The van der Waals surface area contributed by atoms with Crippen LogP contribution in [0.1, 0.15) is 12.7 Å². The quantitative estimate of drug-likeness (QED) is 0.845. The topological polar surface area (TPSA) is 58.3 Å². The van der Waals surface area contributed by atoms with Gasteiger partial charge < -0.3 is 10.2 Å². The first-order chi connectivity index (χ1) is 9.47. The number of nitrogens with one attached hydrogen (secondary N) is 1. The summed E-state index contributed by atoms with van der Waals surface area (Å²) in [5.41, 5.74) is 0.0869. The lowest BCUT2D eigenvalue weighted by Gasteiger charge is -2.34. The summed E-state index contributed by atoms with van der Waals surface area (Å²) < 4.78 is 39.2. The Kier molecular flexibility index (Phi) is 3.00. The second kappa shape index (κ2) is 4.58. The summed E-state index contributed by atoms with van der Waals surface area (Å²) in [6.45, 7) is 4.24. The van der Waals surface area contributed by atoms with Gasteiger partial charge in [0, 0.05) is 25.7 Å². The first-order valence-corrected chi connectivity index (χ1v) is 6.24. The van der Waals surface area contributed by atoms with Crippen LogP contribution in [-0.4, -0.2) is 45.5 Å². The minimum Gasteiger partial charge on any atom is -0.350 e. The third-order valence-corrected chi connectivity index (χ3v) is 3.30. The summed E-state index contributed by atoms with van der Waals surface area (Å²) in [4.78, 5) is 1.97. The van der Waals surface area contributed by atoms with Gasteiger partial charge >= 0.3 is 6.18 Å². The van der Waals surface area contributed by atoms with Crippen molar-refractivity contribution in [3.05, 3.63) is 18.0 Å². The number of nitrogens with zero attached hydrogens (tertiary/aromatic N) is 5. The maximum atomic E-state index is 12.8. The van der Waals surface area contributed by atoms with Crippen LogP contribution in [0.2, 0.25) is 0 Å². The smallest absolute Gasteiger partial charge is 0.350 e. The Morgan fingerprint density at radius 3 is 2.80 bits per heavy atom. The molecular formula is C11H13F3N6. The van der Waals surface area contributed by atoms with Gasteiger partial charge in [-0.1, -0.05) is 0 Å². The molecule has 2 aromatic heterocycles. The first-order valence-electron chi connectivity index (χ1n) is 6.24. The van der Waals surface area contributed by atoms with Gasteiger partial charge in [0.15, 0.2) is 5.65 Å². The second-order valence-corrected chi connectivity index (χ2v) is 4.73. The van der Waals surface area contributed by atoms with Gasteiger partial charge in [-0.2, -0.15) is 17.7 Å². The largest absolute Gasteiger partial charge is 0.453 e. The molecular weight excluding hydrogens is 273 g/mol. The molecule has 1 fully saturated rings. The van der Waals surface area contributed by atoms with E-state index in [0.29, 0.717) is 12.4 Å². The number of fused-ring (bicyclic) bond motifs is 1. The van der Waals surface area contributed by atoms with Crippen LogP contribution in [0, 0.1) is 0 Å². The minimum absolute atomic E-state index is 0.0869. The van der Waals surface area contributed by atoms with Gasteiger partial charge in [0.1, 0.15) is 5.82 Å². The van der Waals surface area contributed by atoms with E-state index in [0.717, 1.165) is 17.6 Å². The fourth-order valence-electron chi connectivity index (χ4n) is 2.29. The van der Waals surface area contributed by atoms with Crippen LogP contribution in [0.3, 0.4) is 0 Å². The van der Waals surface area contributed by atoms with E-state index in [1.165, 1.54) is 6.07 Å². The third kappa shape index (κ3) is 2.17. The van der Waals surface area contributed by atoms with Gasteiger partial charge in [0.2, 0.25) is 0 Å². The molecule has 108 valence electrons. The number of aromatic nitrogens is 4. The van der Waals surface area contributed by atoms with Crippen LogP contribution in [0.5, 0.6) is 0 Å². The summed E-state index contributed by atoms with van der Waals surface area (Å²) in [7, 11) is 0. The molecule has 6 nitrogen and oxygen atoms in total. The van der Waals surface area contributed by atoms with Crippen LogP contribution in [0.25, 0.3) is 5.65 Å². The van der Waals surface area contributed by atoms with Gasteiger partial charge in [-0.25, -0.2) is 0 Å². The Morgan fingerprint density at radius 1 is 1.30 bits per heavy atom. The zero-order chi connectivity index (χ0) is 14.3. The number of anilines is 1. The maximum absolute atomic E-state index is 12.8. The van der Waals surface area contributed by atoms with E-state index in [-0.39, 0.29) is 11.7 Å². The van der Waals surface area contributed by atoms with Crippen LogP contribution in [0.15, 0.2) is 12.1 Å². The highest BCUT2D eigenvalue weighted by molar-refractivity contribution is 5.47. The molecule has 1 unspecified atom stereocenters. The molecule has 9 heteroatoms. The zero-order valence-electron chi connectivity index (χ0n) is 10.7. The van der Waals surface area contributed by atoms with Gasteiger partial charge in [-0.15, -0.1) is 15.3 Å². The number of rotatable bonds is 1. The molecule has 0 saturated carbocycles. The van der Waals surface area contributed by atoms with Crippen molar-refractivity contribution in [2.24, 2.45) is 0 Å². The monoisotopic (exact) mass is 286 g/mol. The molecule has 0 aromatic carbocycles. The van der Waals surface area contributed by atoms with Crippen molar-refractivity contribution >= 4 is 11.5 Å². The Bertz CT molecular complexity index is 622. The lowest BCUT2D eigenvalue weighted by molar-refractivity contribution is -0.146. The van der Waals surface area contributed by atoms with E-state index in [9.17, 15) is 13.2 Å². The molecule has 3 heterocycles. The molecule has 1 atom stereocenters. The number of piperazine rings is 1. The number of alkyl halides is 3. The van der Waals surface area contributed by atoms with Crippen molar-refractivity contribution < 1.29 is 13.2 Å². The lowest BCUT2D eigenvalue weighted by atomic mass is 10.2. The fraction of sp³-hybridized carbons (Fsp3) is 0.545. The molecule has 0 bridgehead atoms. The SMILES string of the molecule is CC1CNCCN1c1ccc2nnc(C(F)(F)F)n2n1. The average Bonchev–Trinajstić information content (AvgIpc) is 2.82. The van der Waals surface area contributed by atoms with E-state index in [1.807, 2.05) is 11.8 Å². The zero-order valence-corrected chi connectivity index (χ0v) is 10.7. The molecule has 20 heavy (non-hydrogen) atoms. The van der Waals surface area contributed by atoms with Crippen LogP contribution in [0.4, 0.5) is 19.0 Å². The lowest BCUT2D eigenvalue weighted by Crippen LogP contribution is -2.50. The molecule has 3 rings (SSSR count). The molecule has 0 radical (unpaired) electrons. The second-order valence-electron chi connectivity index (χ2n) is 4.73. The minimum atomic E-state index is -4.57. The Balaban J connectivity index is 2.05. The normalized spacial score (nSPS) is 20.6. The van der Waals surface area contributed by atoms with Crippen molar-refractivity contribution in [1.29, 1.82) is 0 Å². The maximum Gasteiger partial charge on any atom is 0.453 e. The summed E-state index contributed by atoms with van der Waals surface area (Å²) >= 11 is 0. The molecule has 0 spiro atoms. The predicted octanol–water partition coefficient (Wildman–Crippen LogP) is 0.941. The molecule has 1 saturated heterocycles. The van der Waals surface area contributed by atoms with E-state index in [4.69, 9.17) is 0 Å². The highest BCUT2D eigenvalue weighted by Gasteiger charge is 2.37. The summed E-state index contributed by atoms with van der Waals surface area (Å²) in [5, 5.41) is 13.9. The van der Waals surface area contributed by atoms with Crippen LogP contribution >= 0.6 is 0 Å². The Morgan fingerprint density at radius 2 is 2.10 bits per heavy atom. The Labute approximate surface area is 112 Å². The van der Waals surface area contributed by atoms with Crippen molar-refractivity contribution in [1.82, 2.24) is 25.1 Å². The van der Waals surface area contributed by atoms with Crippen molar-refractivity contribution in [3.8, 4) is 0 Å². The molecule has 0 amide bonds. The van der Waals surface area contributed by atoms with E-state index in [1.54, 1.807) is 6.07 Å². The van der Waals surface area contributed by atoms with E-state index in [2.05, 4.69) is 20.6 Å². The molecule has 0 aliphatic carbocycles.